The monoisotopic (exact) mass is 365 g/mol. The molecule has 0 saturated carbocycles. The van der Waals surface area contributed by atoms with Crippen molar-refractivity contribution in [3.8, 4) is 11.5 Å². The maximum atomic E-state index is 11.4. The topological polar surface area (TPSA) is 56.8 Å². The Bertz CT molecular complexity index is 622. The number of ether oxygens (including phenoxy) is 3. The predicted octanol–water partition coefficient (Wildman–Crippen LogP) is 3.33. The first-order chi connectivity index (χ1) is 11.8. The van der Waals surface area contributed by atoms with Gasteiger partial charge in [-0.25, -0.2) is 4.79 Å². The third-order valence-corrected chi connectivity index (χ3v) is 3.31. The average molecular weight is 366 g/mol. The second-order valence-electron chi connectivity index (χ2n) is 5.13. The van der Waals surface area contributed by atoms with E-state index in [1.54, 1.807) is 18.2 Å². The van der Waals surface area contributed by atoms with Crippen LogP contribution >= 0.6 is 12.4 Å². The normalized spacial score (nSPS) is 9.80. The fourth-order valence-corrected chi connectivity index (χ4v) is 2.10. The number of methoxy groups -OCH3 is 1. The summed E-state index contributed by atoms with van der Waals surface area (Å²) in [4.78, 5) is 11.4. The van der Waals surface area contributed by atoms with E-state index in [1.807, 2.05) is 36.4 Å². The summed E-state index contributed by atoms with van der Waals surface area (Å²) in [5.41, 5.74) is 0.487. The Kier molecular flexibility index (Phi) is 10.1. The van der Waals surface area contributed by atoms with E-state index in [1.165, 1.54) is 7.11 Å². The number of nitrogens with one attached hydrogen (secondary N) is 1. The highest BCUT2D eigenvalue weighted by Crippen LogP contribution is 2.13. The lowest BCUT2D eigenvalue weighted by molar-refractivity contribution is 0.0600. The van der Waals surface area contributed by atoms with Crippen LogP contribution in [0, 0.1) is 0 Å². The van der Waals surface area contributed by atoms with Crippen molar-refractivity contribution in [1.82, 2.24) is 5.32 Å². The van der Waals surface area contributed by atoms with Crippen LogP contribution in [0.4, 0.5) is 0 Å². The van der Waals surface area contributed by atoms with E-state index in [9.17, 15) is 4.79 Å². The largest absolute Gasteiger partial charge is 0.494 e. The Morgan fingerprint density at radius 1 is 0.920 bits per heavy atom. The fourth-order valence-electron chi connectivity index (χ4n) is 2.10. The SMILES string of the molecule is COC(=O)c1cccc(OCCNCCCOc2ccccc2)c1.Cl. The number of hydrogen-bond donors (Lipinski definition) is 1. The lowest BCUT2D eigenvalue weighted by atomic mass is 10.2. The van der Waals surface area contributed by atoms with Gasteiger partial charge < -0.3 is 19.5 Å². The fraction of sp³-hybridized carbons (Fsp3) is 0.316. The highest BCUT2D eigenvalue weighted by molar-refractivity contribution is 5.89. The average Bonchev–Trinajstić information content (AvgIpc) is 2.64. The first-order valence-corrected chi connectivity index (χ1v) is 7.99. The van der Waals surface area contributed by atoms with Crippen molar-refractivity contribution in [2.45, 2.75) is 6.42 Å². The molecule has 0 saturated heterocycles. The van der Waals surface area contributed by atoms with Crippen LogP contribution in [0.15, 0.2) is 54.6 Å². The van der Waals surface area contributed by atoms with Gasteiger partial charge in [0.2, 0.25) is 0 Å². The van der Waals surface area contributed by atoms with E-state index in [2.05, 4.69) is 10.1 Å². The number of esters is 1. The van der Waals surface area contributed by atoms with Gasteiger partial charge in [-0.3, -0.25) is 0 Å². The van der Waals surface area contributed by atoms with Crippen molar-refractivity contribution in [2.75, 3.05) is 33.4 Å². The Labute approximate surface area is 154 Å². The molecule has 0 bridgehead atoms. The molecule has 6 heteroatoms. The van der Waals surface area contributed by atoms with E-state index >= 15 is 0 Å². The van der Waals surface area contributed by atoms with E-state index in [4.69, 9.17) is 9.47 Å². The summed E-state index contributed by atoms with van der Waals surface area (Å²) >= 11 is 0. The zero-order valence-corrected chi connectivity index (χ0v) is 15.1. The van der Waals surface area contributed by atoms with Gasteiger partial charge >= 0.3 is 5.97 Å². The predicted molar refractivity (Wildman–Crippen MR) is 99.9 cm³/mol. The van der Waals surface area contributed by atoms with Crippen molar-refractivity contribution < 1.29 is 19.0 Å². The van der Waals surface area contributed by atoms with Gasteiger partial charge in [0.15, 0.2) is 0 Å². The summed E-state index contributed by atoms with van der Waals surface area (Å²) in [7, 11) is 1.36. The number of carbonyl (C=O) groups excluding carboxylic acids is 1. The highest BCUT2D eigenvalue weighted by Gasteiger charge is 2.05. The minimum atomic E-state index is -0.364. The first kappa shape index (κ1) is 20.8. The molecular formula is C19H24ClNO4. The standard InChI is InChI=1S/C19H23NO4.ClH/c1-22-19(21)16-7-5-10-18(15-16)24-14-12-20-11-6-13-23-17-8-3-2-4-9-17;/h2-5,7-10,15,20H,6,11-14H2,1H3;1H. The van der Waals surface area contributed by atoms with Gasteiger partial charge in [0, 0.05) is 6.54 Å². The smallest absolute Gasteiger partial charge is 0.337 e. The van der Waals surface area contributed by atoms with Crippen LogP contribution < -0.4 is 14.8 Å². The van der Waals surface area contributed by atoms with Crippen LogP contribution in [0.25, 0.3) is 0 Å². The van der Waals surface area contributed by atoms with Gasteiger partial charge in [-0.15, -0.1) is 12.4 Å². The van der Waals surface area contributed by atoms with Crippen LogP contribution in [0.1, 0.15) is 16.8 Å². The molecule has 0 aliphatic rings. The summed E-state index contributed by atoms with van der Waals surface area (Å²) in [5.74, 6) is 1.19. The second kappa shape index (κ2) is 12.2. The third kappa shape index (κ3) is 7.92. The number of hydrogen-bond acceptors (Lipinski definition) is 5. The molecule has 0 aliphatic carbocycles. The maximum Gasteiger partial charge on any atom is 0.337 e. The molecule has 1 N–H and O–H groups in total. The molecule has 0 spiro atoms. The number of para-hydroxylation sites is 1. The number of halogens is 1. The van der Waals surface area contributed by atoms with Gasteiger partial charge in [-0.1, -0.05) is 24.3 Å². The van der Waals surface area contributed by atoms with Crippen LogP contribution in [-0.4, -0.2) is 39.4 Å². The summed E-state index contributed by atoms with van der Waals surface area (Å²) in [6, 6.07) is 16.8. The summed E-state index contributed by atoms with van der Waals surface area (Å²) < 4.78 is 15.9. The van der Waals surface area contributed by atoms with E-state index in [0.29, 0.717) is 24.5 Å². The molecule has 0 aromatic heterocycles. The van der Waals surface area contributed by atoms with E-state index < -0.39 is 0 Å². The number of benzene rings is 2. The van der Waals surface area contributed by atoms with Crippen LogP contribution in [0.2, 0.25) is 0 Å². The number of carbonyl (C=O) groups is 1. The molecule has 2 aromatic carbocycles. The van der Waals surface area contributed by atoms with E-state index in [0.717, 1.165) is 25.3 Å². The molecule has 2 rings (SSSR count). The molecule has 0 unspecified atom stereocenters. The lowest BCUT2D eigenvalue weighted by Crippen LogP contribution is -2.23. The lowest BCUT2D eigenvalue weighted by Gasteiger charge is -2.09. The highest BCUT2D eigenvalue weighted by atomic mass is 35.5. The zero-order chi connectivity index (χ0) is 17.0. The van der Waals surface area contributed by atoms with Gasteiger partial charge in [0.25, 0.3) is 0 Å². The second-order valence-corrected chi connectivity index (χ2v) is 5.13. The molecule has 5 nitrogen and oxygen atoms in total. The molecule has 136 valence electrons. The van der Waals surface area contributed by atoms with Crippen LogP contribution in [-0.2, 0) is 4.74 Å². The van der Waals surface area contributed by atoms with Gasteiger partial charge in [0.05, 0.1) is 19.3 Å². The Hall–Kier alpha value is -2.24. The van der Waals surface area contributed by atoms with Gasteiger partial charge in [-0.2, -0.15) is 0 Å². The molecule has 0 radical (unpaired) electrons. The Morgan fingerprint density at radius 2 is 1.64 bits per heavy atom. The summed E-state index contributed by atoms with van der Waals surface area (Å²) in [6.45, 7) is 2.80. The molecule has 0 fully saturated rings. The molecular weight excluding hydrogens is 342 g/mol. The van der Waals surface area contributed by atoms with Crippen molar-refractivity contribution >= 4 is 18.4 Å². The van der Waals surface area contributed by atoms with Crippen molar-refractivity contribution in [2.24, 2.45) is 0 Å². The van der Waals surface area contributed by atoms with Crippen molar-refractivity contribution in [1.29, 1.82) is 0 Å². The maximum absolute atomic E-state index is 11.4. The van der Waals surface area contributed by atoms with E-state index in [-0.39, 0.29) is 18.4 Å². The van der Waals surface area contributed by atoms with Crippen molar-refractivity contribution in [3.05, 3.63) is 60.2 Å². The molecule has 2 aromatic rings. The molecule has 0 atom stereocenters. The molecule has 0 amide bonds. The Morgan fingerprint density at radius 3 is 2.40 bits per heavy atom. The molecule has 25 heavy (non-hydrogen) atoms. The third-order valence-electron chi connectivity index (χ3n) is 3.31. The minimum absolute atomic E-state index is 0. The molecule has 0 aliphatic heterocycles. The first-order valence-electron chi connectivity index (χ1n) is 7.99. The quantitative estimate of drug-likeness (QED) is 0.517. The number of rotatable bonds is 10. The zero-order valence-electron chi connectivity index (χ0n) is 14.3. The van der Waals surface area contributed by atoms with Crippen LogP contribution in [0.3, 0.4) is 0 Å². The Balaban J connectivity index is 0.00000312. The van der Waals surface area contributed by atoms with Crippen molar-refractivity contribution in [3.63, 3.8) is 0 Å². The minimum Gasteiger partial charge on any atom is -0.494 e. The summed E-state index contributed by atoms with van der Waals surface area (Å²) in [5, 5.41) is 3.29. The summed E-state index contributed by atoms with van der Waals surface area (Å²) in [6.07, 6.45) is 0.923. The van der Waals surface area contributed by atoms with Gasteiger partial charge in [-0.05, 0) is 43.3 Å². The van der Waals surface area contributed by atoms with Crippen LogP contribution in [0.5, 0.6) is 11.5 Å². The van der Waals surface area contributed by atoms with Gasteiger partial charge in [0.1, 0.15) is 18.1 Å². The molecule has 0 heterocycles.